The molecule has 2 fully saturated rings. The normalized spacial score (nSPS) is 28.2. The number of hydrogen-bond acceptors (Lipinski definition) is 1. The largest absolute Gasteiger partial charge is 0.352 e. The monoisotopic (exact) mass is 285 g/mol. The van der Waals surface area contributed by atoms with Crippen molar-refractivity contribution in [3.63, 3.8) is 0 Å². The van der Waals surface area contributed by atoms with Crippen molar-refractivity contribution in [2.24, 2.45) is 5.92 Å². The first-order valence-electron chi connectivity index (χ1n) is 8.59. The van der Waals surface area contributed by atoms with Gasteiger partial charge in [0.1, 0.15) is 0 Å². The van der Waals surface area contributed by atoms with Gasteiger partial charge in [0.05, 0.1) is 5.41 Å². The van der Waals surface area contributed by atoms with E-state index in [-0.39, 0.29) is 11.3 Å². The van der Waals surface area contributed by atoms with Gasteiger partial charge < -0.3 is 5.32 Å². The summed E-state index contributed by atoms with van der Waals surface area (Å²) in [6.45, 7) is 2.29. The van der Waals surface area contributed by atoms with Crippen molar-refractivity contribution in [1.82, 2.24) is 5.32 Å². The number of hydrogen-bond donors (Lipinski definition) is 1. The highest BCUT2D eigenvalue weighted by Crippen LogP contribution is 2.41. The van der Waals surface area contributed by atoms with Gasteiger partial charge in [-0.15, -0.1) is 0 Å². The Hall–Kier alpha value is -1.31. The lowest BCUT2D eigenvalue weighted by Gasteiger charge is -2.35. The second-order valence-electron chi connectivity index (χ2n) is 7.00. The Kier molecular flexibility index (Phi) is 4.32. The molecule has 2 nitrogen and oxygen atoms in total. The van der Waals surface area contributed by atoms with Crippen molar-refractivity contribution in [2.45, 2.75) is 69.7 Å². The summed E-state index contributed by atoms with van der Waals surface area (Å²) in [4.78, 5) is 13.1. The number of rotatable bonds is 3. The van der Waals surface area contributed by atoms with Crippen LogP contribution in [0.25, 0.3) is 0 Å². The van der Waals surface area contributed by atoms with E-state index in [1.165, 1.54) is 37.7 Å². The standard InChI is InChI=1S/C19H27NO/c1-15-9-5-6-12-17(15)20-18(21)19(13-7-8-14-19)16-10-3-2-4-11-16/h2-4,10-11,15,17H,5-9,12-14H2,1H3,(H,20,21). The number of benzene rings is 1. The predicted octanol–water partition coefficient (Wildman–Crippen LogP) is 4.19. The molecule has 1 aromatic carbocycles. The lowest BCUT2D eigenvalue weighted by molar-refractivity contribution is -0.128. The summed E-state index contributed by atoms with van der Waals surface area (Å²) in [7, 11) is 0. The minimum atomic E-state index is -0.265. The van der Waals surface area contributed by atoms with Gasteiger partial charge >= 0.3 is 0 Å². The lowest BCUT2D eigenvalue weighted by atomic mass is 9.77. The first kappa shape index (κ1) is 14.6. The van der Waals surface area contributed by atoms with Crippen LogP contribution in [0.3, 0.4) is 0 Å². The molecule has 114 valence electrons. The van der Waals surface area contributed by atoms with E-state index in [9.17, 15) is 4.79 Å². The van der Waals surface area contributed by atoms with E-state index in [1.54, 1.807) is 0 Å². The molecule has 21 heavy (non-hydrogen) atoms. The second kappa shape index (κ2) is 6.21. The summed E-state index contributed by atoms with van der Waals surface area (Å²) < 4.78 is 0. The summed E-state index contributed by atoms with van der Waals surface area (Å²) in [5.41, 5.74) is 0.946. The SMILES string of the molecule is CC1CCCCC1NC(=O)C1(c2ccccc2)CCCC1. The van der Waals surface area contributed by atoms with Crippen LogP contribution in [-0.2, 0) is 10.2 Å². The highest BCUT2D eigenvalue weighted by Gasteiger charge is 2.43. The molecule has 0 spiro atoms. The second-order valence-corrected chi connectivity index (χ2v) is 7.00. The van der Waals surface area contributed by atoms with Crippen LogP contribution in [0, 0.1) is 5.92 Å². The van der Waals surface area contributed by atoms with Gasteiger partial charge in [0.15, 0.2) is 0 Å². The zero-order valence-electron chi connectivity index (χ0n) is 13.1. The van der Waals surface area contributed by atoms with E-state index in [2.05, 4.69) is 36.5 Å². The molecule has 1 aromatic rings. The summed E-state index contributed by atoms with van der Waals surface area (Å²) in [6, 6.07) is 10.8. The van der Waals surface area contributed by atoms with Crippen LogP contribution in [-0.4, -0.2) is 11.9 Å². The average molecular weight is 285 g/mol. The smallest absolute Gasteiger partial charge is 0.230 e. The first-order chi connectivity index (χ1) is 10.2. The topological polar surface area (TPSA) is 29.1 Å². The quantitative estimate of drug-likeness (QED) is 0.886. The third-order valence-electron chi connectivity index (χ3n) is 5.65. The van der Waals surface area contributed by atoms with Crippen molar-refractivity contribution in [3.8, 4) is 0 Å². The number of amides is 1. The van der Waals surface area contributed by atoms with Crippen molar-refractivity contribution < 1.29 is 4.79 Å². The summed E-state index contributed by atoms with van der Waals surface area (Å²) in [6.07, 6.45) is 9.32. The van der Waals surface area contributed by atoms with Crippen LogP contribution in [0.2, 0.25) is 0 Å². The molecule has 2 saturated carbocycles. The molecular weight excluding hydrogens is 258 g/mol. The minimum absolute atomic E-state index is 0.265. The molecule has 0 radical (unpaired) electrons. The van der Waals surface area contributed by atoms with Crippen molar-refractivity contribution in [3.05, 3.63) is 35.9 Å². The predicted molar refractivity (Wildman–Crippen MR) is 86.2 cm³/mol. The van der Waals surface area contributed by atoms with Gasteiger partial charge in [-0.05, 0) is 37.2 Å². The first-order valence-corrected chi connectivity index (χ1v) is 8.59. The van der Waals surface area contributed by atoms with Gasteiger partial charge in [0, 0.05) is 6.04 Å². The molecule has 3 rings (SSSR count). The van der Waals surface area contributed by atoms with E-state index in [0.717, 1.165) is 19.3 Å². The van der Waals surface area contributed by atoms with Crippen LogP contribution >= 0.6 is 0 Å². The van der Waals surface area contributed by atoms with E-state index < -0.39 is 0 Å². The van der Waals surface area contributed by atoms with Crippen molar-refractivity contribution in [1.29, 1.82) is 0 Å². The molecule has 0 saturated heterocycles. The Morgan fingerprint density at radius 1 is 1.05 bits per heavy atom. The molecule has 0 bridgehead atoms. The fourth-order valence-corrected chi connectivity index (χ4v) is 4.22. The highest BCUT2D eigenvalue weighted by atomic mass is 16.2. The molecule has 0 heterocycles. The number of nitrogens with one attached hydrogen (secondary N) is 1. The Morgan fingerprint density at radius 2 is 1.71 bits per heavy atom. The summed E-state index contributed by atoms with van der Waals surface area (Å²) >= 11 is 0. The molecule has 2 atom stereocenters. The van der Waals surface area contributed by atoms with Gasteiger partial charge in [-0.25, -0.2) is 0 Å². The van der Waals surface area contributed by atoms with Crippen LogP contribution in [0.15, 0.2) is 30.3 Å². The maximum atomic E-state index is 13.1. The van der Waals surface area contributed by atoms with Gasteiger partial charge in [0.25, 0.3) is 0 Å². The maximum absolute atomic E-state index is 13.1. The number of carbonyl (C=O) groups is 1. The molecular formula is C19H27NO. The zero-order chi connectivity index (χ0) is 14.7. The van der Waals surface area contributed by atoms with Gasteiger partial charge in [-0.1, -0.05) is 62.9 Å². The Morgan fingerprint density at radius 3 is 2.38 bits per heavy atom. The molecule has 2 heteroatoms. The number of carbonyl (C=O) groups excluding carboxylic acids is 1. The van der Waals surface area contributed by atoms with E-state index >= 15 is 0 Å². The summed E-state index contributed by atoms with van der Waals surface area (Å²) in [5, 5.41) is 3.41. The van der Waals surface area contributed by atoms with E-state index in [1.807, 2.05) is 6.07 Å². The molecule has 1 amide bonds. The van der Waals surface area contributed by atoms with Gasteiger partial charge in [-0.2, -0.15) is 0 Å². The minimum Gasteiger partial charge on any atom is -0.352 e. The fourth-order valence-electron chi connectivity index (χ4n) is 4.22. The van der Waals surface area contributed by atoms with E-state index in [4.69, 9.17) is 0 Å². The van der Waals surface area contributed by atoms with Gasteiger partial charge in [0.2, 0.25) is 5.91 Å². The molecule has 2 aliphatic carbocycles. The third-order valence-corrected chi connectivity index (χ3v) is 5.65. The van der Waals surface area contributed by atoms with E-state index in [0.29, 0.717) is 12.0 Å². The third kappa shape index (κ3) is 2.86. The van der Waals surface area contributed by atoms with Crippen molar-refractivity contribution >= 4 is 5.91 Å². The van der Waals surface area contributed by atoms with Gasteiger partial charge in [-0.3, -0.25) is 4.79 Å². The molecule has 0 aromatic heterocycles. The lowest BCUT2D eigenvalue weighted by Crippen LogP contribution is -2.49. The Bertz CT molecular complexity index is 476. The molecule has 2 unspecified atom stereocenters. The van der Waals surface area contributed by atoms with Crippen LogP contribution in [0.4, 0.5) is 0 Å². The average Bonchev–Trinajstić information content (AvgIpc) is 3.01. The molecule has 2 aliphatic rings. The molecule has 1 N–H and O–H groups in total. The zero-order valence-corrected chi connectivity index (χ0v) is 13.1. The van der Waals surface area contributed by atoms with Crippen LogP contribution in [0.1, 0.15) is 63.9 Å². The Balaban J connectivity index is 1.79. The highest BCUT2D eigenvalue weighted by molar-refractivity contribution is 5.88. The van der Waals surface area contributed by atoms with Crippen LogP contribution in [0.5, 0.6) is 0 Å². The fraction of sp³-hybridized carbons (Fsp3) is 0.632. The van der Waals surface area contributed by atoms with Crippen molar-refractivity contribution in [2.75, 3.05) is 0 Å². The summed E-state index contributed by atoms with van der Waals surface area (Å²) in [5.74, 6) is 0.905. The molecule has 0 aliphatic heterocycles. The Labute approximate surface area is 128 Å². The van der Waals surface area contributed by atoms with Crippen LogP contribution < -0.4 is 5.32 Å². The maximum Gasteiger partial charge on any atom is 0.230 e.